The zero-order valence-electron chi connectivity index (χ0n) is 8.92. The molecule has 0 radical (unpaired) electrons. The molecule has 1 saturated carbocycles. The van der Waals surface area contributed by atoms with E-state index in [0.717, 1.165) is 12.8 Å². The number of halogens is 2. The maximum atomic E-state index is 12.2. The summed E-state index contributed by atoms with van der Waals surface area (Å²) < 4.78 is 24.4. The van der Waals surface area contributed by atoms with Gasteiger partial charge in [0.15, 0.2) is 0 Å². The Kier molecular flexibility index (Phi) is 4.30. The fourth-order valence-electron chi connectivity index (χ4n) is 2.37. The summed E-state index contributed by atoms with van der Waals surface area (Å²) in [5, 5.41) is 9.58. The van der Waals surface area contributed by atoms with Gasteiger partial charge in [-0.25, -0.2) is 8.78 Å². The number of aliphatic hydroxyl groups excluding tert-OH is 1. The molecule has 1 aliphatic rings. The minimum Gasteiger partial charge on any atom is -0.393 e. The monoisotopic (exact) mass is 206 g/mol. The molecular formula is C11H20F2O. The van der Waals surface area contributed by atoms with Crippen LogP contribution < -0.4 is 0 Å². The highest BCUT2D eigenvalue weighted by atomic mass is 19.3. The van der Waals surface area contributed by atoms with Gasteiger partial charge in [0.1, 0.15) is 0 Å². The molecule has 1 nitrogen and oxygen atoms in total. The first-order valence-electron chi connectivity index (χ1n) is 5.47. The van der Waals surface area contributed by atoms with Crippen molar-refractivity contribution in [3.05, 3.63) is 0 Å². The van der Waals surface area contributed by atoms with Gasteiger partial charge in [0.25, 0.3) is 0 Å². The molecule has 84 valence electrons. The van der Waals surface area contributed by atoms with Gasteiger partial charge in [0.2, 0.25) is 6.43 Å². The molecule has 1 rings (SSSR count). The fraction of sp³-hybridized carbons (Fsp3) is 1.00. The second kappa shape index (κ2) is 5.06. The van der Waals surface area contributed by atoms with Crippen LogP contribution in [-0.4, -0.2) is 17.6 Å². The maximum absolute atomic E-state index is 12.2. The van der Waals surface area contributed by atoms with Crippen molar-refractivity contribution in [2.24, 2.45) is 17.8 Å². The van der Waals surface area contributed by atoms with Gasteiger partial charge in [0, 0.05) is 6.42 Å². The lowest BCUT2D eigenvalue weighted by atomic mass is 9.74. The van der Waals surface area contributed by atoms with Gasteiger partial charge in [-0.3, -0.25) is 0 Å². The van der Waals surface area contributed by atoms with E-state index in [9.17, 15) is 13.9 Å². The van der Waals surface area contributed by atoms with Crippen LogP contribution in [0.25, 0.3) is 0 Å². The number of hydrogen-bond donors (Lipinski definition) is 1. The van der Waals surface area contributed by atoms with E-state index in [4.69, 9.17) is 0 Å². The molecule has 0 aromatic carbocycles. The summed E-state index contributed by atoms with van der Waals surface area (Å²) in [6.45, 7) is 4.25. The molecule has 0 saturated heterocycles. The van der Waals surface area contributed by atoms with E-state index < -0.39 is 12.5 Å². The van der Waals surface area contributed by atoms with Crippen LogP contribution >= 0.6 is 0 Å². The van der Waals surface area contributed by atoms with E-state index in [2.05, 4.69) is 13.8 Å². The molecule has 1 N–H and O–H groups in total. The topological polar surface area (TPSA) is 20.2 Å². The molecule has 0 heterocycles. The lowest BCUT2D eigenvalue weighted by Gasteiger charge is -2.35. The van der Waals surface area contributed by atoms with Crippen LogP contribution in [0, 0.1) is 17.8 Å². The van der Waals surface area contributed by atoms with E-state index in [1.807, 2.05) is 0 Å². The lowest BCUT2D eigenvalue weighted by Crippen LogP contribution is -2.32. The van der Waals surface area contributed by atoms with Crippen molar-refractivity contribution in [2.75, 3.05) is 0 Å². The largest absolute Gasteiger partial charge is 0.393 e. The number of rotatable bonds is 3. The minimum atomic E-state index is -2.28. The highest BCUT2D eigenvalue weighted by Crippen LogP contribution is 2.36. The molecule has 3 unspecified atom stereocenters. The third-order valence-corrected chi connectivity index (χ3v) is 3.41. The third-order valence-electron chi connectivity index (χ3n) is 3.41. The Morgan fingerprint density at radius 2 is 1.93 bits per heavy atom. The molecule has 0 aliphatic heterocycles. The van der Waals surface area contributed by atoms with E-state index in [0.29, 0.717) is 18.3 Å². The summed E-state index contributed by atoms with van der Waals surface area (Å²) in [6.07, 6.45) is -0.466. The normalized spacial score (nSPS) is 34.1. The minimum absolute atomic E-state index is 0.135. The predicted molar refractivity (Wildman–Crippen MR) is 52.3 cm³/mol. The highest BCUT2D eigenvalue weighted by Gasteiger charge is 2.32. The molecule has 1 aliphatic carbocycles. The first-order chi connectivity index (χ1) is 6.50. The molecule has 1 fully saturated rings. The average Bonchev–Trinajstić information content (AvgIpc) is 2.07. The first-order valence-corrected chi connectivity index (χ1v) is 5.47. The summed E-state index contributed by atoms with van der Waals surface area (Å²) in [6, 6.07) is 0. The molecule has 0 bridgehead atoms. The van der Waals surface area contributed by atoms with Crippen molar-refractivity contribution in [2.45, 2.75) is 52.1 Å². The average molecular weight is 206 g/mol. The molecule has 14 heavy (non-hydrogen) atoms. The Labute approximate surface area is 84.5 Å². The van der Waals surface area contributed by atoms with Crippen LogP contribution in [0.15, 0.2) is 0 Å². The van der Waals surface area contributed by atoms with Crippen LogP contribution in [0.1, 0.15) is 39.5 Å². The van der Waals surface area contributed by atoms with Gasteiger partial charge < -0.3 is 5.11 Å². The number of hydrogen-bond acceptors (Lipinski definition) is 1. The van der Waals surface area contributed by atoms with Crippen molar-refractivity contribution in [1.29, 1.82) is 0 Å². The van der Waals surface area contributed by atoms with Crippen LogP contribution in [0.2, 0.25) is 0 Å². The van der Waals surface area contributed by atoms with E-state index in [1.54, 1.807) is 0 Å². The second-order valence-electron chi connectivity index (χ2n) is 4.77. The van der Waals surface area contributed by atoms with Gasteiger partial charge in [-0.2, -0.15) is 0 Å². The zero-order chi connectivity index (χ0) is 10.7. The van der Waals surface area contributed by atoms with Gasteiger partial charge in [0.05, 0.1) is 6.10 Å². The predicted octanol–water partition coefficient (Wildman–Crippen LogP) is 3.07. The van der Waals surface area contributed by atoms with Crippen molar-refractivity contribution < 1.29 is 13.9 Å². The quantitative estimate of drug-likeness (QED) is 0.752. The van der Waals surface area contributed by atoms with Gasteiger partial charge in [-0.05, 0) is 37.0 Å². The van der Waals surface area contributed by atoms with Crippen molar-refractivity contribution in [3.63, 3.8) is 0 Å². The van der Waals surface area contributed by atoms with Crippen LogP contribution in [0.4, 0.5) is 8.78 Å². The summed E-state index contributed by atoms with van der Waals surface area (Å²) in [4.78, 5) is 0. The second-order valence-corrected chi connectivity index (χ2v) is 4.77. The summed E-state index contributed by atoms with van der Waals surface area (Å²) in [5.74, 6) is 0.876. The van der Waals surface area contributed by atoms with E-state index in [-0.39, 0.29) is 12.3 Å². The Bertz CT molecular complexity index is 171. The molecule has 0 amide bonds. The molecule has 0 aromatic rings. The van der Waals surface area contributed by atoms with E-state index in [1.165, 1.54) is 0 Å². The molecule has 3 atom stereocenters. The van der Waals surface area contributed by atoms with E-state index >= 15 is 0 Å². The van der Waals surface area contributed by atoms with Gasteiger partial charge >= 0.3 is 0 Å². The standard InChI is InChI=1S/C11H20F2O/c1-7(2)8-3-4-10(14)9(5-8)6-11(12)13/h7-11,14H,3-6H2,1-2H3. The Morgan fingerprint density at radius 3 is 2.43 bits per heavy atom. The summed E-state index contributed by atoms with van der Waals surface area (Å²) in [7, 11) is 0. The van der Waals surface area contributed by atoms with Gasteiger partial charge in [-0.1, -0.05) is 13.8 Å². The lowest BCUT2D eigenvalue weighted by molar-refractivity contribution is 0.000903. The fourth-order valence-corrected chi connectivity index (χ4v) is 2.37. The highest BCUT2D eigenvalue weighted by molar-refractivity contribution is 4.81. The Morgan fingerprint density at radius 1 is 1.29 bits per heavy atom. The SMILES string of the molecule is CC(C)C1CCC(O)C(CC(F)F)C1. The zero-order valence-corrected chi connectivity index (χ0v) is 8.92. The first kappa shape index (κ1) is 11.9. The molecular weight excluding hydrogens is 186 g/mol. The summed E-state index contributed by atoms with van der Waals surface area (Å²) in [5.41, 5.74) is 0. The van der Waals surface area contributed by atoms with Crippen molar-refractivity contribution in [1.82, 2.24) is 0 Å². The Balaban J connectivity index is 2.46. The smallest absolute Gasteiger partial charge is 0.239 e. The molecule has 0 aromatic heterocycles. The van der Waals surface area contributed by atoms with Crippen LogP contribution in [0.3, 0.4) is 0 Å². The van der Waals surface area contributed by atoms with Crippen LogP contribution in [-0.2, 0) is 0 Å². The number of alkyl halides is 2. The summed E-state index contributed by atoms with van der Waals surface area (Å²) >= 11 is 0. The Hall–Kier alpha value is -0.180. The number of aliphatic hydroxyl groups is 1. The third kappa shape index (κ3) is 3.19. The molecule has 0 spiro atoms. The van der Waals surface area contributed by atoms with Crippen LogP contribution in [0.5, 0.6) is 0 Å². The van der Waals surface area contributed by atoms with Crippen molar-refractivity contribution >= 4 is 0 Å². The van der Waals surface area contributed by atoms with Gasteiger partial charge in [-0.15, -0.1) is 0 Å². The van der Waals surface area contributed by atoms with Crippen molar-refractivity contribution in [3.8, 4) is 0 Å². The maximum Gasteiger partial charge on any atom is 0.239 e. The molecule has 3 heteroatoms.